The summed E-state index contributed by atoms with van der Waals surface area (Å²) in [6.07, 6.45) is 1.62. The van der Waals surface area contributed by atoms with Crippen LogP contribution < -0.4 is 10.9 Å². The lowest BCUT2D eigenvalue weighted by Gasteiger charge is -2.15. The maximum atomic E-state index is 13.1. The number of anilines is 2. The predicted molar refractivity (Wildman–Crippen MR) is 117 cm³/mol. The van der Waals surface area contributed by atoms with Crippen LogP contribution in [0, 0.1) is 10.1 Å². The Balaban J connectivity index is 1.65. The number of nitro groups is 1. The molecule has 4 rings (SSSR count). The third-order valence-electron chi connectivity index (χ3n) is 4.89. The number of hydrogen-bond donors (Lipinski definition) is 1. The van der Waals surface area contributed by atoms with E-state index in [1.54, 1.807) is 28.8 Å². The Bertz CT molecular complexity index is 1240. The minimum Gasteiger partial charge on any atom is -0.326 e. The van der Waals surface area contributed by atoms with Crippen LogP contribution in [0.5, 0.6) is 0 Å². The van der Waals surface area contributed by atoms with Gasteiger partial charge in [-0.15, -0.1) is 0 Å². The van der Waals surface area contributed by atoms with Crippen LogP contribution >= 0.6 is 0 Å². The number of nitrogens with zero attached hydrogens (tertiary/aromatic N) is 3. The van der Waals surface area contributed by atoms with Crippen molar-refractivity contribution >= 4 is 28.2 Å². The molecular formula is C23H20N4O3. The minimum absolute atomic E-state index is 0.00673. The first-order valence-electron chi connectivity index (χ1n) is 9.67. The number of aryl methyl sites for hydroxylation is 1. The molecule has 0 radical (unpaired) electrons. The van der Waals surface area contributed by atoms with Crippen LogP contribution in [0.2, 0.25) is 0 Å². The van der Waals surface area contributed by atoms with Gasteiger partial charge in [0, 0.05) is 24.4 Å². The predicted octanol–water partition coefficient (Wildman–Crippen LogP) is 4.68. The largest absolute Gasteiger partial charge is 0.326 e. The van der Waals surface area contributed by atoms with Crippen molar-refractivity contribution in [2.75, 3.05) is 5.32 Å². The van der Waals surface area contributed by atoms with Crippen LogP contribution in [0.3, 0.4) is 0 Å². The second-order valence-corrected chi connectivity index (χ2v) is 6.93. The molecule has 0 bridgehead atoms. The number of non-ortho nitro benzene ring substituents is 1. The lowest BCUT2D eigenvalue weighted by molar-refractivity contribution is -0.384. The van der Waals surface area contributed by atoms with Gasteiger partial charge in [-0.25, -0.2) is 4.98 Å². The van der Waals surface area contributed by atoms with Gasteiger partial charge < -0.3 is 5.32 Å². The van der Waals surface area contributed by atoms with Gasteiger partial charge in [0.15, 0.2) is 0 Å². The molecule has 7 nitrogen and oxygen atoms in total. The minimum atomic E-state index is -0.447. The summed E-state index contributed by atoms with van der Waals surface area (Å²) in [5, 5.41) is 14.6. The van der Waals surface area contributed by atoms with E-state index in [9.17, 15) is 14.9 Å². The maximum Gasteiger partial charge on any atom is 0.269 e. The molecule has 4 aromatic rings. The monoisotopic (exact) mass is 400 g/mol. The number of hydrogen-bond acceptors (Lipinski definition) is 5. The Kier molecular flexibility index (Phi) is 5.52. The quantitative estimate of drug-likeness (QED) is 0.359. The summed E-state index contributed by atoms with van der Waals surface area (Å²) in [5.41, 5.74) is 2.33. The van der Waals surface area contributed by atoms with Gasteiger partial charge in [0.05, 0.1) is 15.8 Å². The van der Waals surface area contributed by atoms with Crippen molar-refractivity contribution in [1.82, 2.24) is 9.55 Å². The van der Waals surface area contributed by atoms with Gasteiger partial charge in [-0.2, -0.15) is 0 Å². The molecule has 0 spiro atoms. The van der Waals surface area contributed by atoms with Gasteiger partial charge in [0.25, 0.3) is 11.2 Å². The smallest absolute Gasteiger partial charge is 0.269 e. The van der Waals surface area contributed by atoms with E-state index in [2.05, 4.69) is 22.4 Å². The molecule has 1 aromatic heterocycles. The fraction of sp³-hybridized carbons (Fsp3) is 0.130. The van der Waals surface area contributed by atoms with Crippen LogP contribution in [0.15, 0.2) is 83.7 Å². The number of benzene rings is 3. The highest BCUT2D eigenvalue weighted by Crippen LogP contribution is 2.20. The number of rotatable bonds is 7. The molecule has 0 amide bonds. The van der Waals surface area contributed by atoms with E-state index >= 15 is 0 Å². The third-order valence-corrected chi connectivity index (χ3v) is 4.89. The van der Waals surface area contributed by atoms with Crippen LogP contribution in [0.25, 0.3) is 10.9 Å². The van der Waals surface area contributed by atoms with Crippen molar-refractivity contribution in [3.05, 3.63) is 105 Å². The van der Waals surface area contributed by atoms with E-state index in [4.69, 9.17) is 0 Å². The van der Waals surface area contributed by atoms with Crippen molar-refractivity contribution in [2.45, 2.75) is 19.4 Å². The summed E-state index contributed by atoms with van der Waals surface area (Å²) in [7, 11) is 0. The first kappa shape index (κ1) is 19.3. The Morgan fingerprint density at radius 2 is 1.63 bits per heavy atom. The molecule has 0 saturated heterocycles. The molecule has 0 unspecified atom stereocenters. The number of aromatic nitrogens is 2. The summed E-state index contributed by atoms with van der Waals surface area (Å²) in [4.78, 5) is 28.2. The molecule has 0 atom stereocenters. The van der Waals surface area contributed by atoms with Gasteiger partial charge in [-0.3, -0.25) is 19.5 Å². The molecule has 30 heavy (non-hydrogen) atoms. The Morgan fingerprint density at radius 1 is 0.933 bits per heavy atom. The third kappa shape index (κ3) is 4.20. The highest BCUT2D eigenvalue weighted by Gasteiger charge is 2.12. The van der Waals surface area contributed by atoms with Gasteiger partial charge in [-0.05, 0) is 42.7 Å². The summed E-state index contributed by atoms with van der Waals surface area (Å²) in [6, 6.07) is 23.4. The molecule has 150 valence electrons. The van der Waals surface area contributed by atoms with E-state index in [-0.39, 0.29) is 11.2 Å². The fourth-order valence-electron chi connectivity index (χ4n) is 3.35. The van der Waals surface area contributed by atoms with E-state index in [1.165, 1.54) is 17.7 Å². The van der Waals surface area contributed by atoms with Gasteiger partial charge in [0.2, 0.25) is 5.95 Å². The van der Waals surface area contributed by atoms with Gasteiger partial charge >= 0.3 is 0 Å². The van der Waals surface area contributed by atoms with Crippen LogP contribution in [-0.2, 0) is 13.0 Å². The highest BCUT2D eigenvalue weighted by atomic mass is 16.6. The normalized spacial score (nSPS) is 10.8. The molecule has 1 heterocycles. The summed E-state index contributed by atoms with van der Waals surface area (Å²) < 4.78 is 1.63. The summed E-state index contributed by atoms with van der Waals surface area (Å²) in [5.74, 6) is 0.417. The molecule has 0 aliphatic heterocycles. The molecule has 0 aliphatic carbocycles. The number of nitrogens with one attached hydrogen (secondary N) is 1. The average Bonchev–Trinajstić information content (AvgIpc) is 2.77. The summed E-state index contributed by atoms with van der Waals surface area (Å²) in [6.45, 7) is 0.501. The van der Waals surface area contributed by atoms with E-state index in [1.807, 2.05) is 30.3 Å². The highest BCUT2D eigenvalue weighted by molar-refractivity contribution is 5.79. The molecule has 0 fully saturated rings. The first-order chi connectivity index (χ1) is 14.6. The maximum absolute atomic E-state index is 13.1. The van der Waals surface area contributed by atoms with Crippen molar-refractivity contribution in [1.29, 1.82) is 0 Å². The van der Waals surface area contributed by atoms with Crippen molar-refractivity contribution in [3.8, 4) is 0 Å². The van der Waals surface area contributed by atoms with E-state index in [0.29, 0.717) is 29.1 Å². The number of nitro benzene ring substituents is 1. The SMILES string of the molecule is O=c1c2ccccc2nc(Nc2ccc([N+](=O)[O-])cc2)n1CCCc1ccccc1. The van der Waals surface area contributed by atoms with Crippen molar-refractivity contribution in [2.24, 2.45) is 0 Å². The lowest BCUT2D eigenvalue weighted by Crippen LogP contribution is -2.24. The second-order valence-electron chi connectivity index (χ2n) is 6.93. The van der Waals surface area contributed by atoms with Gasteiger partial charge in [0.1, 0.15) is 0 Å². The second kappa shape index (κ2) is 8.57. The van der Waals surface area contributed by atoms with Crippen LogP contribution in [0.1, 0.15) is 12.0 Å². The first-order valence-corrected chi connectivity index (χ1v) is 9.67. The zero-order valence-corrected chi connectivity index (χ0v) is 16.2. The summed E-state index contributed by atoms with van der Waals surface area (Å²) >= 11 is 0. The molecule has 0 aliphatic rings. The zero-order chi connectivity index (χ0) is 20.9. The van der Waals surface area contributed by atoms with Crippen LogP contribution in [-0.4, -0.2) is 14.5 Å². The molecule has 0 saturated carbocycles. The van der Waals surface area contributed by atoms with Crippen LogP contribution in [0.4, 0.5) is 17.3 Å². The van der Waals surface area contributed by atoms with Gasteiger partial charge in [-0.1, -0.05) is 42.5 Å². The standard InChI is InChI=1S/C23H20N4O3/c28-22-20-10-4-5-11-21(20)25-23(24-18-12-14-19(15-13-18)27(29)30)26(22)16-6-9-17-7-2-1-3-8-17/h1-5,7-8,10-15H,6,9,16H2,(H,24,25). The molecule has 7 heteroatoms. The van der Waals surface area contributed by atoms with Crippen molar-refractivity contribution in [3.63, 3.8) is 0 Å². The zero-order valence-electron chi connectivity index (χ0n) is 16.2. The fourth-order valence-corrected chi connectivity index (χ4v) is 3.35. The molecule has 3 aromatic carbocycles. The number of para-hydroxylation sites is 1. The Morgan fingerprint density at radius 3 is 2.37 bits per heavy atom. The number of fused-ring (bicyclic) bond motifs is 1. The average molecular weight is 400 g/mol. The van der Waals surface area contributed by atoms with E-state index in [0.717, 1.165) is 12.8 Å². The topological polar surface area (TPSA) is 90.1 Å². The molecular weight excluding hydrogens is 380 g/mol. The lowest BCUT2D eigenvalue weighted by atomic mass is 10.1. The Labute approximate surface area is 172 Å². The molecule has 1 N–H and O–H groups in total. The van der Waals surface area contributed by atoms with E-state index < -0.39 is 4.92 Å². The van der Waals surface area contributed by atoms with Crippen molar-refractivity contribution < 1.29 is 4.92 Å². The Hall–Kier alpha value is -4.00.